The summed E-state index contributed by atoms with van der Waals surface area (Å²) in [4.78, 5) is 11.7. The predicted octanol–water partition coefficient (Wildman–Crippen LogP) is 6.81. The van der Waals surface area contributed by atoms with Crippen LogP contribution in [-0.4, -0.2) is 31.4 Å². The van der Waals surface area contributed by atoms with E-state index < -0.39 is 5.97 Å². The number of furan rings is 1. The van der Waals surface area contributed by atoms with Crippen molar-refractivity contribution >= 4 is 16.7 Å². The van der Waals surface area contributed by atoms with Crippen molar-refractivity contribution in [1.82, 2.24) is 0 Å². The summed E-state index contributed by atoms with van der Waals surface area (Å²) in [6.07, 6.45) is 7.28. The summed E-state index contributed by atoms with van der Waals surface area (Å²) in [6.45, 7) is 0.396. The minimum atomic E-state index is -0.976. The van der Waals surface area contributed by atoms with Crippen LogP contribution < -0.4 is 4.74 Å². The fourth-order valence-electron chi connectivity index (χ4n) is 5.23. The molecule has 1 aliphatic rings. The van der Waals surface area contributed by atoms with Crippen molar-refractivity contribution < 1.29 is 28.5 Å². The summed E-state index contributed by atoms with van der Waals surface area (Å²) in [5, 5.41) is 11.4. The van der Waals surface area contributed by atoms with Crippen molar-refractivity contribution in [3.05, 3.63) is 89.9 Å². The van der Waals surface area contributed by atoms with Gasteiger partial charge in [-0.25, -0.2) is 4.79 Å². The summed E-state index contributed by atoms with van der Waals surface area (Å²) in [5.41, 5.74) is 3.78. The molecule has 4 aromatic rings. The first-order valence-electron chi connectivity index (χ1n) is 12.2. The van der Waals surface area contributed by atoms with Crippen molar-refractivity contribution in [2.45, 2.75) is 44.0 Å². The first-order valence-corrected chi connectivity index (χ1v) is 12.2. The minimum absolute atomic E-state index is 0.219. The van der Waals surface area contributed by atoms with Crippen LogP contribution in [-0.2, 0) is 21.7 Å². The number of ether oxygens (including phenoxy) is 3. The van der Waals surface area contributed by atoms with Crippen LogP contribution in [0.15, 0.2) is 77.6 Å². The molecule has 6 nitrogen and oxygen atoms in total. The second-order valence-electron chi connectivity index (χ2n) is 9.35. The Kier molecular flexibility index (Phi) is 6.81. The first kappa shape index (κ1) is 24.1. The minimum Gasteiger partial charge on any atom is -0.489 e. The smallest absolute Gasteiger partial charge is 0.335 e. The first-order chi connectivity index (χ1) is 17.5. The second kappa shape index (κ2) is 10.2. The highest BCUT2D eigenvalue weighted by Crippen LogP contribution is 2.41. The van der Waals surface area contributed by atoms with Crippen molar-refractivity contribution in [3.8, 4) is 16.9 Å². The number of carbonyl (C=O) groups is 1. The maximum absolute atomic E-state index is 11.7. The molecule has 0 aliphatic heterocycles. The van der Waals surface area contributed by atoms with Crippen molar-refractivity contribution in [2.75, 3.05) is 14.2 Å². The van der Waals surface area contributed by atoms with E-state index >= 15 is 0 Å². The van der Waals surface area contributed by atoms with E-state index in [2.05, 4.69) is 12.1 Å². The molecule has 0 radical (unpaired) electrons. The van der Waals surface area contributed by atoms with Crippen LogP contribution >= 0.6 is 0 Å². The summed E-state index contributed by atoms with van der Waals surface area (Å²) in [5.74, 6) is -0.299. The van der Waals surface area contributed by atoms with Gasteiger partial charge in [0.05, 0.1) is 29.8 Å². The number of rotatable bonds is 8. The molecule has 186 valence electrons. The Morgan fingerprint density at radius 2 is 1.89 bits per heavy atom. The van der Waals surface area contributed by atoms with Gasteiger partial charge in [-0.15, -0.1) is 0 Å². The van der Waals surface area contributed by atoms with Crippen molar-refractivity contribution in [1.29, 1.82) is 0 Å². The predicted molar refractivity (Wildman–Crippen MR) is 137 cm³/mol. The zero-order valence-corrected chi connectivity index (χ0v) is 20.5. The molecule has 1 saturated carbocycles. The highest BCUT2D eigenvalue weighted by atomic mass is 16.5. The SMILES string of the molecule is COC1CCC(OC)(c2cccc(COc3ccc4c(-c5ccoc5)cc(C(=O)O)cc4c3)c2)CC1. The van der Waals surface area contributed by atoms with E-state index in [9.17, 15) is 9.90 Å². The van der Waals surface area contributed by atoms with Crippen LogP contribution in [0.1, 0.15) is 47.2 Å². The molecule has 1 aliphatic carbocycles. The van der Waals surface area contributed by atoms with Crippen LogP contribution in [0.2, 0.25) is 0 Å². The fourth-order valence-corrected chi connectivity index (χ4v) is 5.23. The van der Waals surface area contributed by atoms with E-state index in [-0.39, 0.29) is 11.2 Å². The topological polar surface area (TPSA) is 78.1 Å². The third-order valence-electron chi connectivity index (χ3n) is 7.33. The summed E-state index contributed by atoms with van der Waals surface area (Å²) >= 11 is 0. The molecular weight excluding hydrogens is 456 g/mol. The third-order valence-corrected chi connectivity index (χ3v) is 7.33. The van der Waals surface area contributed by atoms with Gasteiger partial charge in [0.25, 0.3) is 0 Å². The molecule has 0 atom stereocenters. The van der Waals surface area contributed by atoms with Crippen LogP contribution in [0.25, 0.3) is 21.9 Å². The lowest BCUT2D eigenvalue weighted by atomic mass is 9.78. The van der Waals surface area contributed by atoms with Gasteiger partial charge in [0.1, 0.15) is 12.4 Å². The lowest BCUT2D eigenvalue weighted by Gasteiger charge is -2.39. The Hall–Kier alpha value is -3.61. The van der Waals surface area contributed by atoms with Gasteiger partial charge in [-0.3, -0.25) is 0 Å². The summed E-state index contributed by atoms with van der Waals surface area (Å²) in [6, 6.07) is 19.3. The number of hydrogen-bond donors (Lipinski definition) is 1. The molecular formula is C30H30O6. The van der Waals surface area contributed by atoms with Gasteiger partial charge >= 0.3 is 5.97 Å². The van der Waals surface area contributed by atoms with E-state index in [4.69, 9.17) is 18.6 Å². The normalized spacial score (nSPS) is 19.9. The van der Waals surface area contributed by atoms with Gasteiger partial charge in [-0.1, -0.05) is 24.3 Å². The highest BCUT2D eigenvalue weighted by molar-refractivity contribution is 6.03. The molecule has 36 heavy (non-hydrogen) atoms. The maximum Gasteiger partial charge on any atom is 0.335 e. The van der Waals surface area contributed by atoms with Gasteiger partial charge in [-0.05, 0) is 89.5 Å². The number of carboxylic acids is 1. The van der Waals surface area contributed by atoms with Gasteiger partial charge in [0, 0.05) is 19.8 Å². The molecule has 1 N–H and O–H groups in total. The number of hydrogen-bond acceptors (Lipinski definition) is 5. The third kappa shape index (κ3) is 4.74. The van der Waals surface area contributed by atoms with Gasteiger partial charge in [-0.2, -0.15) is 0 Å². The van der Waals surface area contributed by atoms with Crippen LogP contribution in [0.4, 0.5) is 0 Å². The highest BCUT2D eigenvalue weighted by Gasteiger charge is 2.37. The van der Waals surface area contributed by atoms with Crippen LogP contribution in [0.3, 0.4) is 0 Å². The summed E-state index contributed by atoms with van der Waals surface area (Å²) < 4.78 is 23.0. The number of benzene rings is 3. The second-order valence-corrected chi connectivity index (χ2v) is 9.35. The Labute approximate surface area is 210 Å². The van der Waals surface area contributed by atoms with Gasteiger partial charge in [0.15, 0.2) is 0 Å². The molecule has 0 bridgehead atoms. The number of aromatic carboxylic acids is 1. The lowest BCUT2D eigenvalue weighted by Crippen LogP contribution is -2.36. The average molecular weight is 487 g/mol. The van der Waals surface area contributed by atoms with E-state index in [1.807, 2.05) is 36.4 Å². The van der Waals surface area contributed by atoms with Crippen LogP contribution in [0, 0.1) is 0 Å². The Morgan fingerprint density at radius 3 is 2.58 bits per heavy atom. The number of methoxy groups -OCH3 is 2. The van der Waals surface area contributed by atoms with Crippen LogP contribution in [0.5, 0.6) is 5.75 Å². The molecule has 0 unspecified atom stereocenters. The molecule has 1 heterocycles. The van der Waals surface area contributed by atoms with E-state index in [1.54, 1.807) is 38.9 Å². The zero-order valence-electron chi connectivity index (χ0n) is 20.5. The van der Waals surface area contributed by atoms with E-state index in [1.165, 1.54) is 0 Å². The monoisotopic (exact) mass is 486 g/mol. The van der Waals surface area contributed by atoms with Gasteiger partial charge in [0.2, 0.25) is 0 Å². The lowest BCUT2D eigenvalue weighted by molar-refractivity contribution is -0.0762. The summed E-state index contributed by atoms with van der Waals surface area (Å²) in [7, 11) is 3.56. The molecule has 0 saturated heterocycles. The fraction of sp³-hybridized carbons (Fsp3) is 0.300. The van der Waals surface area contributed by atoms with Crippen molar-refractivity contribution in [2.24, 2.45) is 0 Å². The van der Waals surface area contributed by atoms with E-state index in [0.29, 0.717) is 18.5 Å². The molecule has 3 aromatic carbocycles. The standard InChI is InChI=1S/C30H30O6/c1-33-25-8-11-30(34-2,12-9-25)24-5-3-4-20(14-24)18-36-26-6-7-27-22(16-26)15-23(29(31)32)17-28(27)21-10-13-35-19-21/h3-7,10,13-17,19,25H,8-9,11-12,18H2,1-2H3,(H,31,32). The molecule has 1 fully saturated rings. The van der Waals surface area contributed by atoms with Gasteiger partial charge < -0.3 is 23.7 Å². The Morgan fingerprint density at radius 1 is 1.06 bits per heavy atom. The van der Waals surface area contributed by atoms with E-state index in [0.717, 1.165) is 58.7 Å². The molecule has 1 aromatic heterocycles. The Balaban J connectivity index is 1.38. The quantitative estimate of drug-likeness (QED) is 0.295. The largest absolute Gasteiger partial charge is 0.489 e. The molecule has 0 spiro atoms. The Bertz CT molecular complexity index is 1350. The zero-order chi connectivity index (χ0) is 25.1. The molecule has 6 heteroatoms. The van der Waals surface area contributed by atoms with Crippen molar-refractivity contribution in [3.63, 3.8) is 0 Å². The molecule has 5 rings (SSSR count). The number of fused-ring (bicyclic) bond motifs is 1. The number of carboxylic acid groups (broad SMARTS) is 1. The molecule has 0 amide bonds. The average Bonchev–Trinajstić information content (AvgIpc) is 3.46. The maximum atomic E-state index is 11.7.